The first-order chi connectivity index (χ1) is 14.3. The fourth-order valence-electron chi connectivity index (χ4n) is 2.87. The van der Waals surface area contributed by atoms with Crippen LogP contribution in [0.25, 0.3) is 0 Å². The molecule has 2 atom stereocenters. The van der Waals surface area contributed by atoms with Crippen LogP contribution in [0.4, 0.5) is 0 Å². The third-order valence-corrected chi connectivity index (χ3v) is 4.37. The summed E-state index contributed by atoms with van der Waals surface area (Å²) in [4.78, 5) is 40.4. The molecule has 9 heteroatoms. The molecule has 2 rings (SSSR count). The number of carbonyl (C=O) groups is 3. The number of amides is 1. The van der Waals surface area contributed by atoms with E-state index in [1.54, 1.807) is 24.3 Å². The maximum atomic E-state index is 11.8. The summed E-state index contributed by atoms with van der Waals surface area (Å²) in [5, 5.41) is 0. The molecule has 0 radical (unpaired) electrons. The molecule has 3 N–H and O–H groups in total. The van der Waals surface area contributed by atoms with Crippen molar-refractivity contribution in [1.29, 1.82) is 0 Å². The molecular weight excluding hydrogens is 390 g/mol. The van der Waals surface area contributed by atoms with E-state index in [0.29, 0.717) is 12.2 Å². The van der Waals surface area contributed by atoms with Gasteiger partial charge in [-0.05, 0) is 42.7 Å². The molecule has 0 fully saturated rings. The van der Waals surface area contributed by atoms with Gasteiger partial charge in [-0.3, -0.25) is 4.79 Å². The van der Waals surface area contributed by atoms with Gasteiger partial charge in [0.25, 0.3) is 0 Å². The molecule has 1 amide bonds. The molecule has 162 valence electrons. The zero-order valence-corrected chi connectivity index (χ0v) is 17.3. The van der Waals surface area contributed by atoms with Gasteiger partial charge >= 0.3 is 11.9 Å². The minimum Gasteiger partial charge on any atom is -0.482 e. The molecule has 0 bridgehead atoms. The zero-order valence-electron chi connectivity index (χ0n) is 17.3. The molecule has 1 aliphatic rings. The number of carbonyl (C=O) groups excluding carboxylic acids is 3. The van der Waals surface area contributed by atoms with Crippen molar-refractivity contribution in [2.24, 2.45) is 5.73 Å². The second kappa shape index (κ2) is 11.0. The Bertz CT molecular complexity index is 819. The quantitative estimate of drug-likeness (QED) is 0.478. The number of hydroxylamine groups is 1. The molecule has 30 heavy (non-hydrogen) atoms. The first kappa shape index (κ1) is 23.0. The molecule has 0 saturated heterocycles. The van der Waals surface area contributed by atoms with Crippen LogP contribution in [0.5, 0.6) is 5.75 Å². The Hall–Kier alpha value is -3.33. The number of esters is 1. The van der Waals surface area contributed by atoms with Crippen molar-refractivity contribution in [3.05, 3.63) is 53.8 Å². The van der Waals surface area contributed by atoms with E-state index in [0.717, 1.165) is 11.1 Å². The lowest BCUT2D eigenvalue weighted by Crippen LogP contribution is -2.44. The van der Waals surface area contributed by atoms with Crippen LogP contribution < -0.4 is 16.0 Å². The summed E-state index contributed by atoms with van der Waals surface area (Å²) < 4.78 is 9.89. The van der Waals surface area contributed by atoms with Crippen molar-refractivity contribution >= 4 is 17.8 Å². The van der Waals surface area contributed by atoms with Gasteiger partial charge in [-0.25, -0.2) is 9.59 Å². The van der Waals surface area contributed by atoms with E-state index in [1.807, 2.05) is 35.6 Å². The SMILES string of the molecule is COC(=O)COc1ccc(CC(C)N2C=C(CC(=O)ONC(C)=O)C=CC2N)cc1. The van der Waals surface area contributed by atoms with Crippen LogP contribution in [0.2, 0.25) is 0 Å². The van der Waals surface area contributed by atoms with Crippen molar-refractivity contribution in [2.45, 2.75) is 38.9 Å². The number of allylic oxidation sites excluding steroid dienone is 1. The molecule has 2 unspecified atom stereocenters. The van der Waals surface area contributed by atoms with Gasteiger partial charge in [0, 0.05) is 19.2 Å². The molecular formula is C21H27N3O6. The second-order valence-electron chi connectivity index (χ2n) is 6.87. The molecule has 1 aromatic carbocycles. The van der Waals surface area contributed by atoms with Crippen LogP contribution in [0, 0.1) is 0 Å². The van der Waals surface area contributed by atoms with Gasteiger partial charge in [-0.15, -0.1) is 0 Å². The van der Waals surface area contributed by atoms with E-state index in [9.17, 15) is 14.4 Å². The Morgan fingerprint density at radius 3 is 2.53 bits per heavy atom. The predicted octanol–water partition coefficient (Wildman–Crippen LogP) is 1.19. The van der Waals surface area contributed by atoms with Crippen molar-refractivity contribution in [2.75, 3.05) is 13.7 Å². The van der Waals surface area contributed by atoms with Crippen LogP contribution in [0.15, 0.2) is 48.2 Å². The van der Waals surface area contributed by atoms with E-state index in [4.69, 9.17) is 10.5 Å². The molecule has 9 nitrogen and oxygen atoms in total. The number of rotatable bonds is 8. The summed E-state index contributed by atoms with van der Waals surface area (Å²) >= 11 is 0. The molecule has 0 aromatic heterocycles. The van der Waals surface area contributed by atoms with Gasteiger partial charge in [-0.2, -0.15) is 5.48 Å². The van der Waals surface area contributed by atoms with Crippen LogP contribution >= 0.6 is 0 Å². The Kier molecular flexibility index (Phi) is 8.42. The largest absolute Gasteiger partial charge is 0.482 e. The standard InChI is InChI=1S/C21H27N3O6/c1-14(10-16-4-7-18(8-5-16)29-13-21(27)28-3)24-12-17(6-9-19(24)22)11-20(26)30-23-15(2)25/h4-9,12,14,19H,10-11,13,22H2,1-3H3,(H,23,25). The first-order valence-electron chi connectivity index (χ1n) is 9.45. The van der Waals surface area contributed by atoms with E-state index in [-0.39, 0.29) is 25.2 Å². The number of nitrogens with two attached hydrogens (primary N) is 1. The highest BCUT2D eigenvalue weighted by molar-refractivity contribution is 5.77. The highest BCUT2D eigenvalue weighted by atomic mass is 16.7. The fourth-order valence-corrected chi connectivity index (χ4v) is 2.87. The summed E-state index contributed by atoms with van der Waals surface area (Å²) in [5.41, 5.74) is 10.00. The van der Waals surface area contributed by atoms with Crippen molar-refractivity contribution in [1.82, 2.24) is 10.4 Å². The van der Waals surface area contributed by atoms with Gasteiger partial charge < -0.3 is 24.9 Å². The monoisotopic (exact) mass is 417 g/mol. The number of hydrogen-bond acceptors (Lipinski definition) is 8. The average Bonchev–Trinajstić information content (AvgIpc) is 2.72. The van der Waals surface area contributed by atoms with Gasteiger partial charge in [0.15, 0.2) is 6.61 Å². The summed E-state index contributed by atoms with van der Waals surface area (Å²) in [5.74, 6) is -0.875. The number of hydrogen-bond donors (Lipinski definition) is 2. The number of benzene rings is 1. The maximum Gasteiger partial charge on any atom is 0.343 e. The highest BCUT2D eigenvalue weighted by Gasteiger charge is 2.21. The normalized spacial score (nSPS) is 16.3. The molecule has 1 aromatic rings. The summed E-state index contributed by atoms with van der Waals surface area (Å²) in [6.07, 6.45) is 5.81. The summed E-state index contributed by atoms with van der Waals surface area (Å²) in [7, 11) is 1.31. The molecule has 1 aliphatic heterocycles. The van der Waals surface area contributed by atoms with E-state index >= 15 is 0 Å². The number of ether oxygens (including phenoxy) is 2. The molecule has 1 heterocycles. The van der Waals surface area contributed by atoms with Crippen molar-refractivity contribution < 1.29 is 28.7 Å². The third kappa shape index (κ3) is 7.25. The smallest absolute Gasteiger partial charge is 0.343 e. The van der Waals surface area contributed by atoms with E-state index in [2.05, 4.69) is 9.57 Å². The minimum absolute atomic E-state index is 0.0128. The fraction of sp³-hybridized carbons (Fsp3) is 0.381. The van der Waals surface area contributed by atoms with E-state index in [1.165, 1.54) is 14.0 Å². The van der Waals surface area contributed by atoms with Gasteiger partial charge in [0.05, 0.1) is 19.7 Å². The highest BCUT2D eigenvalue weighted by Crippen LogP contribution is 2.20. The van der Waals surface area contributed by atoms with Gasteiger partial charge in [0.1, 0.15) is 5.75 Å². The predicted molar refractivity (Wildman–Crippen MR) is 109 cm³/mol. The number of nitrogens with zero attached hydrogens (tertiary/aromatic N) is 1. The topological polar surface area (TPSA) is 120 Å². The lowest BCUT2D eigenvalue weighted by Gasteiger charge is -2.35. The van der Waals surface area contributed by atoms with Crippen molar-refractivity contribution in [3.8, 4) is 5.75 Å². The first-order valence-corrected chi connectivity index (χ1v) is 9.45. The molecule has 0 aliphatic carbocycles. The van der Waals surface area contributed by atoms with Crippen LogP contribution in [0.3, 0.4) is 0 Å². The Labute approximate surface area is 175 Å². The van der Waals surface area contributed by atoms with Crippen LogP contribution in [-0.2, 0) is 30.4 Å². The minimum atomic E-state index is -0.563. The van der Waals surface area contributed by atoms with Crippen molar-refractivity contribution in [3.63, 3.8) is 0 Å². The average molecular weight is 417 g/mol. The lowest BCUT2D eigenvalue weighted by atomic mass is 10.0. The van der Waals surface area contributed by atoms with Crippen LogP contribution in [-0.4, -0.2) is 48.7 Å². The van der Waals surface area contributed by atoms with E-state index < -0.39 is 17.8 Å². The maximum absolute atomic E-state index is 11.8. The Morgan fingerprint density at radius 2 is 1.90 bits per heavy atom. The molecule has 0 saturated carbocycles. The molecule has 0 spiro atoms. The lowest BCUT2D eigenvalue weighted by molar-refractivity contribution is -0.156. The second-order valence-corrected chi connectivity index (χ2v) is 6.87. The van der Waals surface area contributed by atoms with Gasteiger partial charge in [0.2, 0.25) is 5.91 Å². The third-order valence-electron chi connectivity index (χ3n) is 4.37. The number of nitrogens with one attached hydrogen (secondary N) is 1. The zero-order chi connectivity index (χ0) is 22.1. The Balaban J connectivity index is 1.94. The van der Waals surface area contributed by atoms with Gasteiger partial charge in [-0.1, -0.05) is 18.2 Å². The Morgan fingerprint density at radius 1 is 1.20 bits per heavy atom. The summed E-state index contributed by atoms with van der Waals surface area (Å²) in [6, 6.07) is 7.47. The summed E-state index contributed by atoms with van der Waals surface area (Å²) in [6.45, 7) is 3.15. The van der Waals surface area contributed by atoms with Crippen LogP contribution in [0.1, 0.15) is 25.8 Å². The number of methoxy groups -OCH3 is 1.